The van der Waals surface area contributed by atoms with Gasteiger partial charge in [-0.25, -0.2) is 9.97 Å². The molecule has 4 aromatic rings. The zero-order valence-corrected chi connectivity index (χ0v) is 14.0. The van der Waals surface area contributed by atoms with Gasteiger partial charge in [-0.3, -0.25) is 0 Å². The Morgan fingerprint density at radius 2 is 1.17 bits per heavy atom. The Morgan fingerprint density at radius 3 is 1.62 bits per heavy atom. The first-order valence-corrected chi connectivity index (χ1v) is 8.39. The van der Waals surface area contributed by atoms with Crippen molar-refractivity contribution >= 4 is 22.2 Å². The molecule has 2 aromatic carbocycles. The van der Waals surface area contributed by atoms with E-state index in [9.17, 15) is 0 Å². The fraction of sp³-hybridized carbons (Fsp3) is 0.300. The molecule has 0 bridgehead atoms. The van der Waals surface area contributed by atoms with Gasteiger partial charge in [-0.1, -0.05) is 12.1 Å². The number of rotatable bonds is 5. The van der Waals surface area contributed by atoms with Crippen molar-refractivity contribution in [3.05, 3.63) is 59.3 Å². The summed E-state index contributed by atoms with van der Waals surface area (Å²) in [5.74, 6) is 1.62. The number of unbranched alkanes of at least 4 members (excludes halogenated alkanes) is 1. The molecule has 0 amide bonds. The van der Waals surface area contributed by atoms with Gasteiger partial charge in [0, 0.05) is 12.8 Å². The summed E-state index contributed by atoms with van der Waals surface area (Å²) in [6.07, 6.45) is 3.69. The number of aromatic nitrogens is 2. The van der Waals surface area contributed by atoms with Crippen LogP contribution >= 0.6 is 0 Å². The number of oxazole rings is 2. The van der Waals surface area contributed by atoms with Gasteiger partial charge in [-0.2, -0.15) is 0 Å². The van der Waals surface area contributed by atoms with Crippen molar-refractivity contribution in [3.8, 4) is 0 Å². The molecule has 0 spiro atoms. The normalized spacial score (nSPS) is 11.6. The maximum absolute atomic E-state index is 5.79. The fourth-order valence-electron chi connectivity index (χ4n) is 2.94. The molecule has 4 heteroatoms. The van der Waals surface area contributed by atoms with Gasteiger partial charge >= 0.3 is 0 Å². The van der Waals surface area contributed by atoms with Gasteiger partial charge in [-0.05, 0) is 62.1 Å². The second-order valence-electron chi connectivity index (χ2n) is 6.36. The highest BCUT2D eigenvalue weighted by Gasteiger charge is 2.08. The number of aryl methyl sites for hydroxylation is 4. The predicted molar refractivity (Wildman–Crippen MR) is 94.1 cm³/mol. The Labute approximate surface area is 140 Å². The first-order valence-electron chi connectivity index (χ1n) is 8.39. The quantitative estimate of drug-likeness (QED) is 0.477. The smallest absolute Gasteiger partial charge is 0.195 e. The molecule has 4 rings (SSSR count). The van der Waals surface area contributed by atoms with Crippen LogP contribution in [-0.4, -0.2) is 9.97 Å². The first kappa shape index (κ1) is 14.9. The van der Waals surface area contributed by atoms with Crippen molar-refractivity contribution in [1.29, 1.82) is 0 Å². The zero-order valence-electron chi connectivity index (χ0n) is 14.0. The largest absolute Gasteiger partial charge is 0.441 e. The molecule has 0 saturated carbocycles. The van der Waals surface area contributed by atoms with Crippen LogP contribution in [0.25, 0.3) is 22.2 Å². The SMILES string of the molecule is Cc1ccc2oc(CCCCc3nc4cc(C)ccc4o3)nc2c1. The molecule has 24 heavy (non-hydrogen) atoms. The zero-order chi connectivity index (χ0) is 16.5. The fourth-order valence-corrected chi connectivity index (χ4v) is 2.94. The van der Waals surface area contributed by atoms with Crippen molar-refractivity contribution in [2.24, 2.45) is 0 Å². The van der Waals surface area contributed by atoms with Crippen LogP contribution in [-0.2, 0) is 12.8 Å². The van der Waals surface area contributed by atoms with Crippen LogP contribution in [0.4, 0.5) is 0 Å². The third-order valence-corrected chi connectivity index (χ3v) is 4.21. The van der Waals surface area contributed by atoms with Crippen molar-refractivity contribution < 1.29 is 8.83 Å². The van der Waals surface area contributed by atoms with Gasteiger partial charge < -0.3 is 8.83 Å². The van der Waals surface area contributed by atoms with Crippen LogP contribution in [0.3, 0.4) is 0 Å². The molecule has 0 aliphatic heterocycles. The summed E-state index contributed by atoms with van der Waals surface area (Å²) in [5, 5.41) is 0. The number of nitrogens with zero attached hydrogens (tertiary/aromatic N) is 2. The lowest BCUT2D eigenvalue weighted by molar-refractivity contribution is 0.490. The maximum atomic E-state index is 5.79. The van der Waals surface area contributed by atoms with Gasteiger partial charge in [0.2, 0.25) is 0 Å². The molecule has 122 valence electrons. The number of hydrogen-bond acceptors (Lipinski definition) is 4. The first-order chi connectivity index (χ1) is 11.7. The van der Waals surface area contributed by atoms with E-state index in [2.05, 4.69) is 35.9 Å². The van der Waals surface area contributed by atoms with Gasteiger partial charge in [-0.15, -0.1) is 0 Å². The van der Waals surface area contributed by atoms with E-state index < -0.39 is 0 Å². The summed E-state index contributed by atoms with van der Waals surface area (Å²) in [6.45, 7) is 4.13. The Bertz CT molecular complexity index is 915. The van der Waals surface area contributed by atoms with Crippen molar-refractivity contribution in [2.45, 2.75) is 39.5 Å². The van der Waals surface area contributed by atoms with Gasteiger partial charge in [0.1, 0.15) is 11.0 Å². The van der Waals surface area contributed by atoms with E-state index in [-0.39, 0.29) is 0 Å². The molecule has 0 saturated heterocycles. The molecule has 2 heterocycles. The summed E-state index contributed by atoms with van der Waals surface area (Å²) in [4.78, 5) is 9.11. The lowest BCUT2D eigenvalue weighted by Crippen LogP contribution is -1.89. The lowest BCUT2D eigenvalue weighted by Gasteiger charge is -1.95. The van der Waals surface area contributed by atoms with Crippen LogP contribution in [0.5, 0.6) is 0 Å². The standard InChI is InChI=1S/C20H20N2O2/c1-13-7-9-17-15(11-13)21-19(23-17)5-3-4-6-20-22-16-12-14(2)8-10-18(16)24-20/h7-12H,3-6H2,1-2H3. The highest BCUT2D eigenvalue weighted by molar-refractivity contribution is 5.73. The second-order valence-corrected chi connectivity index (χ2v) is 6.36. The molecule has 0 N–H and O–H groups in total. The molecule has 0 aliphatic rings. The minimum absolute atomic E-state index is 0.809. The molecule has 0 aliphatic carbocycles. The van der Waals surface area contributed by atoms with Crippen molar-refractivity contribution in [1.82, 2.24) is 9.97 Å². The van der Waals surface area contributed by atoms with Crippen LogP contribution in [0, 0.1) is 13.8 Å². The number of fused-ring (bicyclic) bond motifs is 2. The number of hydrogen-bond donors (Lipinski definition) is 0. The van der Waals surface area contributed by atoms with Gasteiger partial charge in [0.25, 0.3) is 0 Å². The van der Waals surface area contributed by atoms with Crippen LogP contribution in [0.2, 0.25) is 0 Å². The third kappa shape index (κ3) is 3.04. The van der Waals surface area contributed by atoms with Crippen LogP contribution in [0.15, 0.2) is 45.2 Å². The molecular weight excluding hydrogens is 300 g/mol. The van der Waals surface area contributed by atoms with Crippen LogP contribution < -0.4 is 0 Å². The Morgan fingerprint density at radius 1 is 0.708 bits per heavy atom. The minimum Gasteiger partial charge on any atom is -0.441 e. The molecular formula is C20H20N2O2. The summed E-state index contributed by atoms with van der Waals surface area (Å²) in [5.41, 5.74) is 6.02. The molecule has 0 unspecified atom stereocenters. The maximum Gasteiger partial charge on any atom is 0.195 e. The van der Waals surface area contributed by atoms with E-state index in [4.69, 9.17) is 8.83 Å². The molecule has 0 radical (unpaired) electrons. The second kappa shape index (κ2) is 6.11. The van der Waals surface area contributed by atoms with E-state index >= 15 is 0 Å². The summed E-state index contributed by atoms with van der Waals surface area (Å²) >= 11 is 0. The lowest BCUT2D eigenvalue weighted by atomic mass is 10.2. The van der Waals surface area contributed by atoms with Crippen molar-refractivity contribution in [2.75, 3.05) is 0 Å². The summed E-state index contributed by atoms with van der Waals surface area (Å²) in [6, 6.07) is 12.2. The van der Waals surface area contributed by atoms with Gasteiger partial charge in [0.05, 0.1) is 0 Å². The average molecular weight is 320 g/mol. The number of benzene rings is 2. The molecule has 0 atom stereocenters. The van der Waals surface area contributed by atoms with E-state index in [0.29, 0.717) is 0 Å². The Kier molecular flexibility index (Phi) is 3.81. The summed E-state index contributed by atoms with van der Waals surface area (Å²) in [7, 11) is 0. The van der Waals surface area contributed by atoms with E-state index in [1.54, 1.807) is 0 Å². The molecule has 2 aromatic heterocycles. The topological polar surface area (TPSA) is 52.1 Å². The van der Waals surface area contributed by atoms with Crippen LogP contribution in [0.1, 0.15) is 35.7 Å². The van der Waals surface area contributed by atoms with E-state index in [1.807, 2.05) is 24.3 Å². The minimum atomic E-state index is 0.809. The highest BCUT2D eigenvalue weighted by Crippen LogP contribution is 2.20. The predicted octanol–water partition coefficient (Wildman–Crippen LogP) is 5.15. The van der Waals surface area contributed by atoms with E-state index in [1.165, 1.54) is 11.1 Å². The van der Waals surface area contributed by atoms with Gasteiger partial charge in [0.15, 0.2) is 22.9 Å². The molecule has 0 fully saturated rings. The average Bonchev–Trinajstić information content (AvgIpc) is 3.13. The summed E-state index contributed by atoms with van der Waals surface area (Å²) < 4.78 is 11.6. The Hall–Kier alpha value is -2.62. The third-order valence-electron chi connectivity index (χ3n) is 4.21. The highest BCUT2D eigenvalue weighted by atomic mass is 16.4. The Balaban J connectivity index is 1.36. The molecule has 4 nitrogen and oxygen atoms in total. The monoisotopic (exact) mass is 320 g/mol. The van der Waals surface area contributed by atoms with Crippen molar-refractivity contribution in [3.63, 3.8) is 0 Å². The van der Waals surface area contributed by atoms with E-state index in [0.717, 1.165) is 59.7 Å².